The maximum absolute atomic E-state index is 6.26. The van der Waals surface area contributed by atoms with E-state index in [0.717, 1.165) is 6.42 Å². The van der Waals surface area contributed by atoms with Crippen molar-refractivity contribution >= 4 is 0 Å². The van der Waals surface area contributed by atoms with E-state index in [-0.39, 0.29) is 5.41 Å². The molecule has 3 rings (SSSR count). The first-order chi connectivity index (χ1) is 11.4. The van der Waals surface area contributed by atoms with Gasteiger partial charge in [-0.25, -0.2) is 4.98 Å². The largest absolute Gasteiger partial charge is 0.347 e. The van der Waals surface area contributed by atoms with Crippen molar-refractivity contribution in [1.82, 2.24) is 9.55 Å². The molecule has 0 amide bonds. The molecule has 4 nitrogen and oxygen atoms in total. The maximum atomic E-state index is 6.26. The Morgan fingerprint density at radius 3 is 2.33 bits per heavy atom. The van der Waals surface area contributed by atoms with Crippen molar-refractivity contribution < 1.29 is 9.47 Å². The van der Waals surface area contributed by atoms with Gasteiger partial charge < -0.3 is 14.0 Å². The molecule has 0 bridgehead atoms. The molecule has 0 N–H and O–H groups in total. The third-order valence-electron chi connectivity index (χ3n) is 4.55. The summed E-state index contributed by atoms with van der Waals surface area (Å²) in [5.74, 6) is -0.0859. The van der Waals surface area contributed by atoms with Gasteiger partial charge in [0, 0.05) is 24.2 Å². The molecule has 0 aliphatic carbocycles. The molecule has 0 radical (unpaired) electrons. The molecule has 24 heavy (non-hydrogen) atoms. The van der Waals surface area contributed by atoms with E-state index >= 15 is 0 Å². The van der Waals surface area contributed by atoms with Gasteiger partial charge in [-0.3, -0.25) is 0 Å². The van der Waals surface area contributed by atoms with Crippen LogP contribution in [0.5, 0.6) is 0 Å². The molecule has 130 valence electrons. The molecular formula is C20H28N2O2. The molecule has 1 aliphatic rings. The molecule has 0 spiro atoms. The van der Waals surface area contributed by atoms with Crippen molar-refractivity contribution in [3.05, 3.63) is 54.1 Å². The highest BCUT2D eigenvalue weighted by Crippen LogP contribution is 2.33. The van der Waals surface area contributed by atoms with Crippen LogP contribution in [0.15, 0.2) is 43.0 Å². The average molecular weight is 328 g/mol. The average Bonchev–Trinajstić information content (AvgIpc) is 3.04. The van der Waals surface area contributed by atoms with Crippen LogP contribution >= 0.6 is 0 Å². The fourth-order valence-electron chi connectivity index (χ4n) is 2.98. The van der Waals surface area contributed by atoms with Gasteiger partial charge >= 0.3 is 0 Å². The van der Waals surface area contributed by atoms with Crippen LogP contribution in [-0.4, -0.2) is 28.6 Å². The third-order valence-corrected chi connectivity index (χ3v) is 4.55. The summed E-state index contributed by atoms with van der Waals surface area (Å²) in [5, 5.41) is 0. The lowest BCUT2D eigenvalue weighted by Gasteiger charge is -2.43. The summed E-state index contributed by atoms with van der Waals surface area (Å²) >= 11 is 0. The molecule has 0 saturated carbocycles. The number of ether oxygens (including phenoxy) is 2. The van der Waals surface area contributed by atoms with Crippen molar-refractivity contribution in [3.63, 3.8) is 0 Å². The molecule has 1 aliphatic heterocycles. The van der Waals surface area contributed by atoms with Crippen LogP contribution in [-0.2, 0) is 22.4 Å². The molecule has 1 fully saturated rings. The van der Waals surface area contributed by atoms with Crippen molar-refractivity contribution in [2.45, 2.75) is 52.4 Å². The number of nitrogens with zero attached hydrogens (tertiary/aromatic N) is 2. The third kappa shape index (κ3) is 4.05. The second kappa shape index (κ2) is 6.69. The molecule has 0 unspecified atom stereocenters. The van der Waals surface area contributed by atoms with Gasteiger partial charge in [0.1, 0.15) is 0 Å². The van der Waals surface area contributed by atoms with Crippen molar-refractivity contribution in [2.24, 2.45) is 5.41 Å². The minimum atomic E-state index is -0.629. The molecule has 1 saturated heterocycles. The second-order valence-electron chi connectivity index (χ2n) is 7.96. The fraction of sp³-hybridized carbons (Fsp3) is 0.550. The second-order valence-corrected chi connectivity index (χ2v) is 7.96. The van der Waals surface area contributed by atoms with Crippen LogP contribution in [0.2, 0.25) is 0 Å². The zero-order valence-electron chi connectivity index (χ0n) is 15.2. The summed E-state index contributed by atoms with van der Waals surface area (Å²) in [7, 11) is 0. The minimum absolute atomic E-state index is 0.0555. The number of hydrogen-bond acceptors (Lipinski definition) is 3. The van der Waals surface area contributed by atoms with Gasteiger partial charge in [0.25, 0.3) is 0 Å². The summed E-state index contributed by atoms with van der Waals surface area (Å²) in [4.78, 5) is 4.14. The van der Waals surface area contributed by atoms with Crippen LogP contribution in [0.25, 0.3) is 0 Å². The van der Waals surface area contributed by atoms with E-state index in [4.69, 9.17) is 9.47 Å². The highest BCUT2D eigenvalue weighted by molar-refractivity contribution is 5.25. The summed E-state index contributed by atoms with van der Waals surface area (Å²) in [6, 6.07) is 8.80. The maximum Gasteiger partial charge on any atom is 0.190 e. The van der Waals surface area contributed by atoms with Crippen LogP contribution < -0.4 is 0 Å². The first kappa shape index (κ1) is 17.2. The molecule has 0 atom stereocenters. The smallest absolute Gasteiger partial charge is 0.190 e. The molecule has 2 heterocycles. The highest BCUT2D eigenvalue weighted by atomic mass is 16.7. The number of imidazole rings is 1. The SMILES string of the molecule is CC(C)c1ccc(CC2(Cn3ccnc3)OCC(C)(C)CO2)cc1. The molecular weight excluding hydrogens is 300 g/mol. The Hall–Kier alpha value is -1.65. The lowest BCUT2D eigenvalue weighted by Crippen LogP contribution is -2.51. The van der Waals surface area contributed by atoms with E-state index in [0.29, 0.717) is 25.7 Å². The molecule has 4 heteroatoms. The Kier molecular flexibility index (Phi) is 4.79. The number of hydrogen-bond donors (Lipinski definition) is 0. The van der Waals surface area contributed by atoms with E-state index in [1.807, 2.05) is 17.1 Å². The fourth-order valence-corrected chi connectivity index (χ4v) is 2.98. The first-order valence-corrected chi connectivity index (χ1v) is 8.70. The molecule has 1 aromatic heterocycles. The topological polar surface area (TPSA) is 36.3 Å². The standard InChI is InChI=1S/C20H28N2O2/c1-16(2)18-7-5-17(6-8-18)11-20(12-22-10-9-21-15-22)23-13-19(3,4)14-24-20/h5-10,15-16H,11-14H2,1-4H3. The van der Waals surface area contributed by atoms with Crippen LogP contribution in [0.1, 0.15) is 44.7 Å². The summed E-state index contributed by atoms with van der Waals surface area (Å²) < 4.78 is 14.6. The van der Waals surface area contributed by atoms with E-state index < -0.39 is 5.79 Å². The van der Waals surface area contributed by atoms with Gasteiger partial charge in [-0.2, -0.15) is 0 Å². The summed E-state index contributed by atoms with van der Waals surface area (Å²) in [6.07, 6.45) is 6.30. The van der Waals surface area contributed by atoms with Crippen molar-refractivity contribution in [3.8, 4) is 0 Å². The lowest BCUT2D eigenvalue weighted by molar-refractivity contribution is -0.304. The van der Waals surface area contributed by atoms with Crippen molar-refractivity contribution in [1.29, 1.82) is 0 Å². The van der Waals surface area contributed by atoms with Gasteiger partial charge in [-0.15, -0.1) is 0 Å². The van der Waals surface area contributed by atoms with E-state index in [1.165, 1.54) is 11.1 Å². The molecule has 1 aromatic carbocycles. The number of rotatable bonds is 5. The zero-order chi connectivity index (χ0) is 17.2. The Bertz CT molecular complexity index is 635. The number of aromatic nitrogens is 2. The predicted molar refractivity (Wildman–Crippen MR) is 94.9 cm³/mol. The lowest BCUT2D eigenvalue weighted by atomic mass is 9.93. The Balaban J connectivity index is 1.79. The Labute approximate surface area is 144 Å². The minimum Gasteiger partial charge on any atom is -0.347 e. The monoisotopic (exact) mass is 328 g/mol. The molecule has 2 aromatic rings. The van der Waals surface area contributed by atoms with Gasteiger partial charge in [-0.1, -0.05) is 52.0 Å². The normalized spacial score (nSPS) is 19.5. The predicted octanol–water partition coefficient (Wildman–Crippen LogP) is 4.02. The van der Waals surface area contributed by atoms with Crippen LogP contribution in [0.3, 0.4) is 0 Å². The van der Waals surface area contributed by atoms with Crippen LogP contribution in [0, 0.1) is 5.41 Å². The Morgan fingerprint density at radius 2 is 1.79 bits per heavy atom. The van der Waals surface area contributed by atoms with E-state index in [2.05, 4.69) is 56.9 Å². The highest BCUT2D eigenvalue weighted by Gasteiger charge is 2.41. The quantitative estimate of drug-likeness (QED) is 0.832. The first-order valence-electron chi connectivity index (χ1n) is 8.70. The summed E-state index contributed by atoms with van der Waals surface area (Å²) in [6.45, 7) is 10.8. The zero-order valence-corrected chi connectivity index (χ0v) is 15.2. The van der Waals surface area contributed by atoms with Gasteiger partial charge in [0.2, 0.25) is 0 Å². The summed E-state index contributed by atoms with van der Waals surface area (Å²) in [5.41, 5.74) is 2.65. The van der Waals surface area contributed by atoms with E-state index in [9.17, 15) is 0 Å². The van der Waals surface area contributed by atoms with Gasteiger partial charge in [-0.05, 0) is 17.0 Å². The van der Waals surface area contributed by atoms with Crippen molar-refractivity contribution in [2.75, 3.05) is 13.2 Å². The Morgan fingerprint density at radius 1 is 1.12 bits per heavy atom. The van der Waals surface area contributed by atoms with Crippen LogP contribution in [0.4, 0.5) is 0 Å². The van der Waals surface area contributed by atoms with E-state index in [1.54, 1.807) is 6.20 Å². The van der Waals surface area contributed by atoms with Gasteiger partial charge in [0.05, 0.1) is 26.1 Å². The van der Waals surface area contributed by atoms with Gasteiger partial charge in [0.15, 0.2) is 5.79 Å². The number of benzene rings is 1.